The molecule has 0 saturated heterocycles. The van der Waals surface area contributed by atoms with Gasteiger partial charge in [0.25, 0.3) is 0 Å². The normalized spacial score (nSPS) is 10.3. The van der Waals surface area contributed by atoms with E-state index in [9.17, 15) is 4.39 Å². The lowest BCUT2D eigenvalue weighted by Gasteiger charge is -2.05. The maximum absolute atomic E-state index is 13.9. The first-order valence-electron chi connectivity index (χ1n) is 6.72. The van der Waals surface area contributed by atoms with E-state index < -0.39 is 5.82 Å². The number of halogens is 1. The van der Waals surface area contributed by atoms with E-state index in [-0.39, 0.29) is 5.69 Å². The predicted octanol–water partition coefficient (Wildman–Crippen LogP) is 6.26. The molecule has 0 aliphatic heterocycles. The Bertz CT molecular complexity index is 859. The summed E-state index contributed by atoms with van der Waals surface area (Å²) in [6.45, 7) is 2.09. The van der Waals surface area contributed by atoms with E-state index in [0.29, 0.717) is 0 Å². The Labute approximate surface area is 137 Å². The standard InChI is InChI=1S/C18H12FNS2/c1-12-2-9-18(22-12)14-5-3-13(4-6-14)15-7-8-17(20-11-21)16(19)10-15/h2-10H,1H3. The fourth-order valence-corrected chi connectivity index (χ4v) is 3.21. The summed E-state index contributed by atoms with van der Waals surface area (Å²) in [4.78, 5) is 6.21. The largest absolute Gasteiger partial charge is 0.205 e. The average molecular weight is 325 g/mol. The lowest BCUT2D eigenvalue weighted by molar-refractivity contribution is 0.630. The molecule has 0 radical (unpaired) electrons. The van der Waals surface area contributed by atoms with Gasteiger partial charge in [-0.1, -0.05) is 30.3 Å². The molecule has 1 heterocycles. The molecule has 0 N–H and O–H groups in total. The third-order valence-corrected chi connectivity index (χ3v) is 4.50. The Hall–Kier alpha value is -2.13. The number of aliphatic imine (C=N–C) groups is 1. The van der Waals surface area contributed by atoms with Gasteiger partial charge in [0.15, 0.2) is 0 Å². The molecule has 0 saturated carbocycles. The number of hydrogen-bond donors (Lipinski definition) is 0. The molecule has 3 aromatic rings. The Balaban J connectivity index is 1.93. The summed E-state index contributed by atoms with van der Waals surface area (Å²) < 4.78 is 13.9. The molecule has 22 heavy (non-hydrogen) atoms. The minimum absolute atomic E-state index is 0.212. The van der Waals surface area contributed by atoms with Crippen molar-refractivity contribution < 1.29 is 4.39 Å². The molecule has 0 fully saturated rings. The summed E-state index contributed by atoms with van der Waals surface area (Å²) in [6, 6.07) is 17.3. The van der Waals surface area contributed by atoms with Crippen molar-refractivity contribution in [1.29, 1.82) is 0 Å². The second-order valence-corrected chi connectivity index (χ2v) is 6.33. The quantitative estimate of drug-likeness (QED) is 0.409. The number of thiocarbonyl (C=S) groups is 1. The summed E-state index contributed by atoms with van der Waals surface area (Å²) in [5, 5.41) is 2.18. The van der Waals surface area contributed by atoms with Crippen molar-refractivity contribution in [3.63, 3.8) is 0 Å². The molecule has 1 nitrogen and oxygen atoms in total. The molecule has 2 aromatic carbocycles. The minimum Gasteiger partial charge on any atom is -0.205 e. The highest BCUT2D eigenvalue weighted by Gasteiger charge is 2.06. The Morgan fingerprint density at radius 3 is 2.23 bits per heavy atom. The smallest absolute Gasteiger partial charge is 0.150 e. The third kappa shape index (κ3) is 3.04. The van der Waals surface area contributed by atoms with Crippen LogP contribution in [-0.4, -0.2) is 5.16 Å². The molecule has 1 aromatic heterocycles. The van der Waals surface area contributed by atoms with Crippen molar-refractivity contribution >= 4 is 34.4 Å². The van der Waals surface area contributed by atoms with E-state index in [1.807, 2.05) is 18.2 Å². The Kier molecular flexibility index (Phi) is 4.25. The van der Waals surface area contributed by atoms with Crippen LogP contribution in [0.15, 0.2) is 59.6 Å². The number of thiophene rings is 1. The first-order chi connectivity index (χ1) is 10.7. The Morgan fingerprint density at radius 2 is 1.64 bits per heavy atom. The van der Waals surface area contributed by atoms with Gasteiger partial charge in [-0.25, -0.2) is 4.39 Å². The van der Waals surface area contributed by atoms with E-state index >= 15 is 0 Å². The van der Waals surface area contributed by atoms with Crippen molar-refractivity contribution in [2.45, 2.75) is 6.92 Å². The maximum Gasteiger partial charge on any atom is 0.150 e. The fourth-order valence-electron chi connectivity index (χ4n) is 2.24. The van der Waals surface area contributed by atoms with Crippen molar-refractivity contribution in [1.82, 2.24) is 0 Å². The van der Waals surface area contributed by atoms with Gasteiger partial charge in [0, 0.05) is 9.75 Å². The molecular weight excluding hydrogens is 313 g/mol. The average Bonchev–Trinajstić information content (AvgIpc) is 2.96. The molecule has 0 amide bonds. The molecule has 0 atom stereocenters. The third-order valence-electron chi connectivity index (χ3n) is 3.36. The van der Waals surface area contributed by atoms with E-state index in [1.54, 1.807) is 17.4 Å². The molecule has 0 bridgehead atoms. The van der Waals surface area contributed by atoms with E-state index in [1.165, 1.54) is 21.4 Å². The first kappa shape index (κ1) is 14.8. The van der Waals surface area contributed by atoms with Crippen LogP contribution in [0.3, 0.4) is 0 Å². The molecule has 0 unspecified atom stereocenters. The number of benzene rings is 2. The van der Waals surface area contributed by atoms with Crippen molar-refractivity contribution in [3.05, 3.63) is 65.3 Å². The second-order valence-electron chi connectivity index (χ2n) is 4.86. The van der Waals surface area contributed by atoms with Gasteiger partial charge in [0.1, 0.15) is 11.5 Å². The van der Waals surface area contributed by atoms with Crippen LogP contribution in [0.25, 0.3) is 21.6 Å². The van der Waals surface area contributed by atoms with Crippen LogP contribution in [0.2, 0.25) is 0 Å². The molecule has 0 spiro atoms. The van der Waals surface area contributed by atoms with Crippen molar-refractivity contribution in [2.75, 3.05) is 0 Å². The Morgan fingerprint density at radius 1 is 0.955 bits per heavy atom. The van der Waals surface area contributed by atoms with Crippen LogP contribution in [-0.2, 0) is 0 Å². The zero-order chi connectivity index (χ0) is 15.5. The molecule has 0 aliphatic rings. The van der Waals surface area contributed by atoms with Crippen LogP contribution in [0, 0.1) is 12.7 Å². The molecule has 0 aliphatic carbocycles. The highest BCUT2D eigenvalue weighted by Crippen LogP contribution is 2.31. The van der Waals surface area contributed by atoms with Gasteiger partial charge in [-0.05, 0) is 60.1 Å². The zero-order valence-corrected chi connectivity index (χ0v) is 13.5. The van der Waals surface area contributed by atoms with Crippen LogP contribution in [0.5, 0.6) is 0 Å². The van der Waals surface area contributed by atoms with Gasteiger partial charge in [0.05, 0.1) is 5.16 Å². The summed E-state index contributed by atoms with van der Waals surface area (Å²) >= 11 is 6.26. The number of nitrogens with zero attached hydrogens (tertiary/aromatic N) is 1. The highest BCUT2D eigenvalue weighted by atomic mass is 32.1. The van der Waals surface area contributed by atoms with Gasteiger partial charge in [0.2, 0.25) is 0 Å². The van der Waals surface area contributed by atoms with E-state index in [0.717, 1.165) is 11.1 Å². The fraction of sp³-hybridized carbons (Fsp3) is 0.0556. The van der Waals surface area contributed by atoms with Crippen molar-refractivity contribution in [2.24, 2.45) is 4.99 Å². The lowest BCUT2D eigenvalue weighted by atomic mass is 10.0. The van der Waals surface area contributed by atoms with Gasteiger partial charge in [-0.3, -0.25) is 0 Å². The summed E-state index contributed by atoms with van der Waals surface area (Å²) in [7, 11) is 0. The van der Waals surface area contributed by atoms with Gasteiger partial charge in [-0.2, -0.15) is 4.99 Å². The number of aryl methyl sites for hydroxylation is 1. The number of hydrogen-bond acceptors (Lipinski definition) is 3. The van der Waals surface area contributed by atoms with Crippen LogP contribution in [0.1, 0.15) is 4.88 Å². The number of isothiocyanates is 1. The molecule has 3 rings (SSSR count). The predicted molar refractivity (Wildman–Crippen MR) is 94.6 cm³/mol. The highest BCUT2D eigenvalue weighted by molar-refractivity contribution is 7.78. The molecule has 4 heteroatoms. The van der Waals surface area contributed by atoms with Gasteiger partial charge >= 0.3 is 0 Å². The first-order valence-corrected chi connectivity index (χ1v) is 7.94. The molecule has 108 valence electrons. The van der Waals surface area contributed by atoms with Gasteiger partial charge in [-0.15, -0.1) is 11.3 Å². The van der Waals surface area contributed by atoms with Crippen LogP contribution < -0.4 is 0 Å². The van der Waals surface area contributed by atoms with Crippen LogP contribution >= 0.6 is 23.6 Å². The topological polar surface area (TPSA) is 12.4 Å². The monoisotopic (exact) mass is 325 g/mol. The lowest BCUT2D eigenvalue weighted by Crippen LogP contribution is -1.82. The van der Waals surface area contributed by atoms with E-state index in [2.05, 4.69) is 53.6 Å². The van der Waals surface area contributed by atoms with Gasteiger partial charge < -0.3 is 0 Å². The van der Waals surface area contributed by atoms with Crippen LogP contribution in [0.4, 0.5) is 10.1 Å². The summed E-state index contributed by atoms with van der Waals surface area (Å²) in [6.07, 6.45) is 0. The van der Waals surface area contributed by atoms with E-state index in [4.69, 9.17) is 0 Å². The maximum atomic E-state index is 13.9. The SMILES string of the molecule is Cc1ccc(-c2ccc(-c3ccc(N=C=S)c(F)c3)cc2)s1. The summed E-state index contributed by atoms with van der Waals surface area (Å²) in [5.41, 5.74) is 3.16. The number of rotatable bonds is 3. The molecular formula is C18H12FNS2. The zero-order valence-electron chi connectivity index (χ0n) is 11.8. The minimum atomic E-state index is -0.396. The summed E-state index contributed by atoms with van der Waals surface area (Å²) in [5.74, 6) is -0.396. The second kappa shape index (κ2) is 6.32. The van der Waals surface area contributed by atoms with Crippen molar-refractivity contribution in [3.8, 4) is 21.6 Å².